The highest BCUT2D eigenvalue weighted by molar-refractivity contribution is 7.90. The zero-order valence-electron chi connectivity index (χ0n) is 18.6. The number of rotatable bonds is 9. The molecule has 1 amide bonds. The molecule has 3 aromatic rings. The molecule has 178 valence electrons. The van der Waals surface area contributed by atoms with Crippen LogP contribution in [-0.4, -0.2) is 43.6 Å². The van der Waals surface area contributed by atoms with Gasteiger partial charge >= 0.3 is 6.01 Å². The van der Waals surface area contributed by atoms with E-state index in [1.807, 2.05) is 30.3 Å². The number of benzene rings is 2. The fraction of sp³-hybridized carbons (Fsp3) is 0.217. The van der Waals surface area contributed by atoms with Gasteiger partial charge < -0.3 is 20.1 Å². The van der Waals surface area contributed by atoms with Gasteiger partial charge in [-0.2, -0.15) is 9.97 Å². The number of nitrogens with zero attached hydrogens (tertiary/aromatic N) is 2. The maximum atomic E-state index is 12.8. The minimum atomic E-state index is -3.69. The summed E-state index contributed by atoms with van der Waals surface area (Å²) in [5.41, 5.74) is 1.84. The van der Waals surface area contributed by atoms with Gasteiger partial charge in [-0.25, -0.2) is 8.42 Å². The van der Waals surface area contributed by atoms with Crippen LogP contribution in [0.1, 0.15) is 17.7 Å². The number of sulfone groups is 1. The average Bonchev–Trinajstić information content (AvgIpc) is 2.83. The van der Waals surface area contributed by atoms with Crippen molar-refractivity contribution < 1.29 is 22.7 Å². The second kappa shape index (κ2) is 11.5. The van der Waals surface area contributed by atoms with E-state index in [1.165, 1.54) is 32.4 Å². The number of thiocarbonyl (C=S) groups is 1. The number of carbonyl (C=O) groups is 1. The molecular weight excluding hydrogens is 476 g/mol. The van der Waals surface area contributed by atoms with E-state index in [0.29, 0.717) is 18.5 Å². The molecule has 0 fully saturated rings. The lowest BCUT2D eigenvalue weighted by Crippen LogP contribution is -2.34. The molecule has 1 aromatic heterocycles. The van der Waals surface area contributed by atoms with Crippen molar-refractivity contribution in [3.05, 3.63) is 71.9 Å². The van der Waals surface area contributed by atoms with Crippen LogP contribution in [0.25, 0.3) is 0 Å². The standard InChI is InChI=1S/C23H24N4O5S2/c1-31-21-14-18(24-22(27-21)32-2)15-34(29,30)19-11-9-17(10-12-19)25-23(33)26-20(28)13-8-16-6-4-3-5-7-16/h3-7,9-12,14H,8,13,15H2,1-2H3,(H2,25,26,28,33). The zero-order chi connectivity index (χ0) is 24.6. The van der Waals surface area contributed by atoms with Crippen molar-refractivity contribution in [2.24, 2.45) is 0 Å². The Labute approximate surface area is 203 Å². The van der Waals surface area contributed by atoms with Gasteiger partial charge in [-0.3, -0.25) is 4.79 Å². The average molecular weight is 501 g/mol. The van der Waals surface area contributed by atoms with Gasteiger partial charge in [0.05, 0.1) is 30.6 Å². The quantitative estimate of drug-likeness (QED) is 0.427. The molecule has 9 nitrogen and oxygen atoms in total. The van der Waals surface area contributed by atoms with Gasteiger partial charge in [-0.05, 0) is 48.5 Å². The van der Waals surface area contributed by atoms with Gasteiger partial charge in [-0.1, -0.05) is 30.3 Å². The highest BCUT2D eigenvalue weighted by Gasteiger charge is 2.18. The molecule has 0 unspecified atom stereocenters. The predicted octanol–water partition coefficient (Wildman–Crippen LogP) is 2.91. The molecule has 1 heterocycles. The first-order valence-corrected chi connectivity index (χ1v) is 12.3. The summed E-state index contributed by atoms with van der Waals surface area (Å²) in [6.07, 6.45) is 0.896. The molecule has 2 aromatic carbocycles. The summed E-state index contributed by atoms with van der Waals surface area (Å²) in [4.78, 5) is 20.3. The Morgan fingerprint density at radius 3 is 2.35 bits per heavy atom. The van der Waals surface area contributed by atoms with Crippen molar-refractivity contribution in [2.45, 2.75) is 23.5 Å². The van der Waals surface area contributed by atoms with E-state index in [0.717, 1.165) is 5.56 Å². The fourth-order valence-electron chi connectivity index (χ4n) is 3.00. The number of amides is 1. The number of anilines is 1. The smallest absolute Gasteiger partial charge is 0.319 e. The highest BCUT2D eigenvalue weighted by Crippen LogP contribution is 2.21. The Balaban J connectivity index is 1.57. The number of aromatic nitrogens is 2. The van der Waals surface area contributed by atoms with Gasteiger partial charge in [0.15, 0.2) is 14.9 Å². The SMILES string of the molecule is COc1cc(CS(=O)(=O)c2ccc(NC(=S)NC(=O)CCc3ccccc3)cc2)nc(OC)n1. The van der Waals surface area contributed by atoms with Crippen LogP contribution in [0, 0.1) is 0 Å². The van der Waals surface area contributed by atoms with Crippen LogP contribution in [0.4, 0.5) is 5.69 Å². The van der Waals surface area contributed by atoms with E-state index in [9.17, 15) is 13.2 Å². The molecule has 0 radical (unpaired) electrons. The minimum absolute atomic E-state index is 0.0171. The molecule has 0 aliphatic carbocycles. The summed E-state index contributed by atoms with van der Waals surface area (Å²) < 4.78 is 35.7. The number of nitrogens with one attached hydrogen (secondary N) is 2. The lowest BCUT2D eigenvalue weighted by molar-refractivity contribution is -0.119. The summed E-state index contributed by atoms with van der Waals surface area (Å²) in [5, 5.41) is 5.64. The third-order valence-electron chi connectivity index (χ3n) is 4.67. The molecule has 11 heteroatoms. The van der Waals surface area contributed by atoms with Crippen LogP contribution in [0.5, 0.6) is 11.9 Å². The van der Waals surface area contributed by atoms with Gasteiger partial charge in [0.25, 0.3) is 0 Å². The number of aryl methyl sites for hydroxylation is 1. The highest BCUT2D eigenvalue weighted by atomic mass is 32.2. The number of carbonyl (C=O) groups excluding carboxylic acids is 1. The Bertz CT molecular complexity index is 1230. The van der Waals surface area contributed by atoms with Crippen molar-refractivity contribution in [3.63, 3.8) is 0 Å². The Morgan fingerprint density at radius 1 is 1.00 bits per heavy atom. The van der Waals surface area contributed by atoms with Crippen molar-refractivity contribution in [1.29, 1.82) is 0 Å². The van der Waals surface area contributed by atoms with Crippen LogP contribution in [0.15, 0.2) is 65.6 Å². The molecule has 3 rings (SSSR count). The van der Waals surface area contributed by atoms with Crippen LogP contribution >= 0.6 is 12.2 Å². The number of methoxy groups -OCH3 is 2. The van der Waals surface area contributed by atoms with Crippen molar-refractivity contribution in [2.75, 3.05) is 19.5 Å². The van der Waals surface area contributed by atoms with Crippen molar-refractivity contribution >= 4 is 38.8 Å². The Kier molecular flexibility index (Phi) is 8.50. The first-order chi connectivity index (χ1) is 16.3. The number of hydrogen-bond donors (Lipinski definition) is 2. The molecule has 0 aliphatic rings. The second-order valence-corrected chi connectivity index (χ2v) is 9.56. The van der Waals surface area contributed by atoms with Crippen LogP contribution in [0.2, 0.25) is 0 Å². The van der Waals surface area contributed by atoms with Gasteiger partial charge in [0.2, 0.25) is 11.8 Å². The van der Waals surface area contributed by atoms with Crippen molar-refractivity contribution in [3.8, 4) is 11.9 Å². The number of ether oxygens (including phenoxy) is 2. The lowest BCUT2D eigenvalue weighted by Gasteiger charge is -2.11. The largest absolute Gasteiger partial charge is 0.481 e. The van der Waals surface area contributed by atoms with E-state index < -0.39 is 9.84 Å². The summed E-state index contributed by atoms with van der Waals surface area (Å²) in [5.74, 6) is -0.363. The molecule has 0 saturated heterocycles. The van der Waals surface area contributed by atoms with E-state index in [2.05, 4.69) is 20.6 Å². The van der Waals surface area contributed by atoms with Crippen molar-refractivity contribution in [1.82, 2.24) is 15.3 Å². The van der Waals surface area contributed by atoms with Gasteiger partial charge in [0, 0.05) is 18.2 Å². The van der Waals surface area contributed by atoms with E-state index in [1.54, 1.807) is 12.1 Å². The first-order valence-electron chi connectivity index (χ1n) is 10.2. The summed E-state index contributed by atoms with van der Waals surface area (Å²) in [7, 11) is -0.891. The third-order valence-corrected chi connectivity index (χ3v) is 6.54. The van der Waals surface area contributed by atoms with Crippen LogP contribution < -0.4 is 20.1 Å². The van der Waals surface area contributed by atoms with Crippen LogP contribution in [-0.2, 0) is 26.8 Å². The topological polar surface area (TPSA) is 120 Å². The molecule has 0 aliphatic heterocycles. The molecule has 2 N–H and O–H groups in total. The molecular formula is C23H24N4O5S2. The zero-order valence-corrected chi connectivity index (χ0v) is 20.3. The predicted molar refractivity (Wildman–Crippen MR) is 132 cm³/mol. The third kappa shape index (κ3) is 7.22. The Hall–Kier alpha value is -3.57. The van der Waals surface area contributed by atoms with E-state index in [-0.39, 0.29) is 39.3 Å². The fourth-order valence-corrected chi connectivity index (χ4v) is 4.48. The lowest BCUT2D eigenvalue weighted by atomic mass is 10.1. The maximum absolute atomic E-state index is 12.8. The maximum Gasteiger partial charge on any atom is 0.319 e. The van der Waals surface area contributed by atoms with E-state index >= 15 is 0 Å². The minimum Gasteiger partial charge on any atom is -0.481 e. The molecule has 34 heavy (non-hydrogen) atoms. The Morgan fingerprint density at radius 2 is 1.71 bits per heavy atom. The monoisotopic (exact) mass is 500 g/mol. The first kappa shape index (κ1) is 25.1. The second-order valence-electron chi connectivity index (χ2n) is 7.16. The van der Waals surface area contributed by atoms with Gasteiger partial charge in [-0.15, -0.1) is 0 Å². The summed E-state index contributed by atoms with van der Waals surface area (Å²) in [6, 6.07) is 17.2. The molecule has 0 bridgehead atoms. The molecule has 0 spiro atoms. The summed E-state index contributed by atoms with van der Waals surface area (Å²) >= 11 is 5.18. The normalized spacial score (nSPS) is 10.9. The molecule has 0 atom stereocenters. The van der Waals surface area contributed by atoms with E-state index in [4.69, 9.17) is 21.7 Å². The van der Waals surface area contributed by atoms with Crippen LogP contribution in [0.3, 0.4) is 0 Å². The number of hydrogen-bond acceptors (Lipinski definition) is 8. The van der Waals surface area contributed by atoms with Gasteiger partial charge in [0.1, 0.15) is 0 Å². The molecule has 0 saturated carbocycles. The summed E-state index contributed by atoms with van der Waals surface area (Å²) in [6.45, 7) is 0.